The summed E-state index contributed by atoms with van der Waals surface area (Å²) < 4.78 is 2.02. The Morgan fingerprint density at radius 2 is 1.76 bits per heavy atom. The minimum Gasteiger partial charge on any atom is -0.478 e. The van der Waals surface area contributed by atoms with Crippen molar-refractivity contribution < 1.29 is 9.90 Å². The minimum absolute atomic E-state index is 0.214. The van der Waals surface area contributed by atoms with E-state index in [0.29, 0.717) is 5.56 Å². The Bertz CT molecular complexity index is 801. The van der Waals surface area contributed by atoms with Crippen molar-refractivity contribution in [2.24, 2.45) is 0 Å². The van der Waals surface area contributed by atoms with Crippen LogP contribution in [-0.4, -0.2) is 15.6 Å². The molecule has 0 unspecified atom stereocenters. The number of carbonyl (C=O) groups is 1. The standard InChI is InChI=1S/C18H17NO2/c1-12(2)19-11-16(18(20)21)15-9-8-14(10-17(15)19)13-6-4-3-5-7-13/h3-12H,1-2H3,(H,20,21). The van der Waals surface area contributed by atoms with Crippen LogP contribution >= 0.6 is 0 Å². The molecule has 2 aromatic carbocycles. The van der Waals surface area contributed by atoms with Gasteiger partial charge in [-0.3, -0.25) is 0 Å². The highest BCUT2D eigenvalue weighted by atomic mass is 16.4. The van der Waals surface area contributed by atoms with Gasteiger partial charge in [-0.2, -0.15) is 0 Å². The van der Waals surface area contributed by atoms with Crippen LogP contribution < -0.4 is 0 Å². The second-order valence-corrected chi connectivity index (χ2v) is 5.45. The van der Waals surface area contributed by atoms with Crippen LogP contribution in [0.15, 0.2) is 54.7 Å². The number of hydrogen-bond acceptors (Lipinski definition) is 1. The van der Waals surface area contributed by atoms with E-state index in [0.717, 1.165) is 22.0 Å². The Kier molecular flexibility index (Phi) is 3.26. The quantitative estimate of drug-likeness (QED) is 0.762. The molecule has 1 heterocycles. The number of hydrogen-bond donors (Lipinski definition) is 1. The number of benzene rings is 2. The van der Waals surface area contributed by atoms with E-state index in [-0.39, 0.29) is 6.04 Å². The molecule has 0 radical (unpaired) electrons. The lowest BCUT2D eigenvalue weighted by molar-refractivity contribution is 0.0699. The van der Waals surface area contributed by atoms with E-state index < -0.39 is 5.97 Å². The highest BCUT2D eigenvalue weighted by Gasteiger charge is 2.16. The van der Waals surface area contributed by atoms with E-state index in [4.69, 9.17) is 0 Å². The molecular formula is C18H17NO2. The van der Waals surface area contributed by atoms with Crippen LogP contribution in [0.25, 0.3) is 22.0 Å². The van der Waals surface area contributed by atoms with Crippen LogP contribution in [0, 0.1) is 0 Å². The van der Waals surface area contributed by atoms with Gasteiger partial charge in [-0.15, -0.1) is 0 Å². The number of aromatic nitrogens is 1. The lowest BCUT2D eigenvalue weighted by atomic mass is 10.0. The molecule has 3 heteroatoms. The topological polar surface area (TPSA) is 42.2 Å². The summed E-state index contributed by atoms with van der Waals surface area (Å²) in [6, 6.07) is 16.3. The molecule has 106 valence electrons. The third kappa shape index (κ3) is 2.31. The normalized spacial score (nSPS) is 11.2. The smallest absolute Gasteiger partial charge is 0.337 e. The summed E-state index contributed by atoms with van der Waals surface area (Å²) in [6.45, 7) is 4.11. The predicted octanol–water partition coefficient (Wildman–Crippen LogP) is 4.59. The summed E-state index contributed by atoms with van der Waals surface area (Å²) in [6.07, 6.45) is 1.73. The molecule has 0 fully saturated rings. The van der Waals surface area contributed by atoms with Gasteiger partial charge < -0.3 is 9.67 Å². The zero-order chi connectivity index (χ0) is 15.0. The van der Waals surface area contributed by atoms with Crippen molar-refractivity contribution in [3.05, 3.63) is 60.3 Å². The first-order valence-corrected chi connectivity index (χ1v) is 7.01. The van der Waals surface area contributed by atoms with E-state index in [1.165, 1.54) is 0 Å². The molecule has 0 aliphatic rings. The average molecular weight is 279 g/mol. The van der Waals surface area contributed by atoms with Crippen molar-refractivity contribution in [1.82, 2.24) is 4.57 Å². The molecule has 0 spiro atoms. The fourth-order valence-corrected chi connectivity index (χ4v) is 2.66. The van der Waals surface area contributed by atoms with Crippen LogP contribution in [-0.2, 0) is 0 Å². The molecule has 3 rings (SSSR count). The maximum absolute atomic E-state index is 11.4. The molecule has 0 bridgehead atoms. The summed E-state index contributed by atoms with van der Waals surface area (Å²) in [7, 11) is 0. The maximum atomic E-state index is 11.4. The first-order valence-electron chi connectivity index (χ1n) is 7.01. The molecule has 1 aromatic heterocycles. The van der Waals surface area contributed by atoms with E-state index in [1.54, 1.807) is 6.20 Å². The summed E-state index contributed by atoms with van der Waals surface area (Å²) in [5.41, 5.74) is 3.55. The van der Waals surface area contributed by atoms with Gasteiger partial charge in [-0.25, -0.2) is 4.79 Å². The molecule has 0 aliphatic heterocycles. The molecule has 0 saturated heterocycles. The van der Waals surface area contributed by atoms with E-state index in [1.807, 2.05) is 34.9 Å². The SMILES string of the molecule is CC(C)n1cc(C(=O)O)c2ccc(-c3ccccc3)cc21. The fourth-order valence-electron chi connectivity index (χ4n) is 2.66. The number of rotatable bonds is 3. The molecule has 1 N–H and O–H groups in total. The summed E-state index contributed by atoms with van der Waals surface area (Å²) >= 11 is 0. The molecular weight excluding hydrogens is 262 g/mol. The number of fused-ring (bicyclic) bond motifs is 1. The van der Waals surface area contributed by atoms with Crippen molar-refractivity contribution in [2.45, 2.75) is 19.9 Å². The highest BCUT2D eigenvalue weighted by Crippen LogP contribution is 2.29. The Balaban J connectivity index is 2.25. The van der Waals surface area contributed by atoms with Gasteiger partial charge in [0.1, 0.15) is 0 Å². The number of carboxylic acids is 1. The van der Waals surface area contributed by atoms with Crippen molar-refractivity contribution in [2.75, 3.05) is 0 Å². The Morgan fingerprint density at radius 3 is 2.38 bits per heavy atom. The molecule has 3 nitrogen and oxygen atoms in total. The Morgan fingerprint density at radius 1 is 1.05 bits per heavy atom. The van der Waals surface area contributed by atoms with Crippen LogP contribution in [0.3, 0.4) is 0 Å². The van der Waals surface area contributed by atoms with Crippen LogP contribution in [0.1, 0.15) is 30.2 Å². The van der Waals surface area contributed by atoms with Crippen LogP contribution in [0.4, 0.5) is 0 Å². The fraction of sp³-hybridized carbons (Fsp3) is 0.167. The van der Waals surface area contributed by atoms with Gasteiger partial charge in [0.2, 0.25) is 0 Å². The Labute approximate surface area is 123 Å². The van der Waals surface area contributed by atoms with Crippen molar-refractivity contribution in [1.29, 1.82) is 0 Å². The van der Waals surface area contributed by atoms with Crippen molar-refractivity contribution in [3.8, 4) is 11.1 Å². The maximum Gasteiger partial charge on any atom is 0.337 e. The summed E-state index contributed by atoms with van der Waals surface area (Å²) in [5, 5.41) is 10.1. The average Bonchev–Trinajstić information content (AvgIpc) is 2.87. The van der Waals surface area contributed by atoms with Gasteiger partial charge in [0.25, 0.3) is 0 Å². The third-order valence-electron chi connectivity index (χ3n) is 3.73. The van der Waals surface area contributed by atoms with Gasteiger partial charge in [-0.1, -0.05) is 42.5 Å². The van der Waals surface area contributed by atoms with Crippen molar-refractivity contribution in [3.63, 3.8) is 0 Å². The zero-order valence-corrected chi connectivity index (χ0v) is 12.1. The predicted molar refractivity (Wildman–Crippen MR) is 84.7 cm³/mol. The second kappa shape index (κ2) is 5.09. The molecule has 3 aromatic rings. The summed E-state index contributed by atoms with van der Waals surface area (Å²) in [5.74, 6) is -0.883. The number of aromatic carboxylic acids is 1. The lowest BCUT2D eigenvalue weighted by Crippen LogP contribution is -1.99. The van der Waals surface area contributed by atoms with Gasteiger partial charge in [0, 0.05) is 23.1 Å². The molecule has 0 atom stereocenters. The number of nitrogens with zero attached hydrogens (tertiary/aromatic N) is 1. The molecule has 0 amide bonds. The van der Waals surface area contributed by atoms with Gasteiger partial charge in [0.15, 0.2) is 0 Å². The van der Waals surface area contributed by atoms with E-state index in [2.05, 4.69) is 32.0 Å². The largest absolute Gasteiger partial charge is 0.478 e. The second-order valence-electron chi connectivity index (χ2n) is 5.45. The third-order valence-corrected chi connectivity index (χ3v) is 3.73. The van der Waals surface area contributed by atoms with Crippen molar-refractivity contribution >= 4 is 16.9 Å². The molecule has 21 heavy (non-hydrogen) atoms. The Hall–Kier alpha value is -2.55. The van der Waals surface area contributed by atoms with Gasteiger partial charge in [-0.05, 0) is 31.0 Å². The van der Waals surface area contributed by atoms with E-state index in [9.17, 15) is 9.90 Å². The first kappa shape index (κ1) is 13.4. The van der Waals surface area contributed by atoms with Crippen LogP contribution in [0.5, 0.6) is 0 Å². The van der Waals surface area contributed by atoms with Gasteiger partial charge in [0.05, 0.1) is 5.56 Å². The first-order chi connectivity index (χ1) is 10.1. The van der Waals surface area contributed by atoms with E-state index >= 15 is 0 Å². The zero-order valence-electron chi connectivity index (χ0n) is 12.1. The van der Waals surface area contributed by atoms with Gasteiger partial charge >= 0.3 is 5.97 Å². The monoisotopic (exact) mass is 279 g/mol. The molecule has 0 saturated carbocycles. The van der Waals surface area contributed by atoms with Crippen LogP contribution in [0.2, 0.25) is 0 Å². The molecule has 0 aliphatic carbocycles. The lowest BCUT2D eigenvalue weighted by Gasteiger charge is -2.10. The number of carboxylic acid groups (broad SMARTS) is 1. The minimum atomic E-state index is -0.883. The highest BCUT2D eigenvalue weighted by molar-refractivity contribution is 6.04. The summed E-state index contributed by atoms with van der Waals surface area (Å²) in [4.78, 5) is 11.4.